The molecule has 8 heteroatoms. The lowest BCUT2D eigenvalue weighted by Gasteiger charge is -2.15. The quantitative estimate of drug-likeness (QED) is 0.291. The van der Waals surface area contributed by atoms with Crippen molar-refractivity contribution in [3.8, 4) is 16.9 Å². The van der Waals surface area contributed by atoms with Crippen LogP contribution in [0.2, 0.25) is 0 Å². The Kier molecular flexibility index (Phi) is 6.36. The molecular weight excluding hydrogens is 456 g/mol. The molecule has 1 aliphatic rings. The summed E-state index contributed by atoms with van der Waals surface area (Å²) < 4.78 is 2.01. The zero-order valence-electron chi connectivity index (χ0n) is 19.1. The van der Waals surface area contributed by atoms with Crippen LogP contribution in [0.15, 0.2) is 90.1 Å². The average molecular weight is 481 g/mol. The molecule has 1 aliphatic carbocycles. The van der Waals surface area contributed by atoms with Gasteiger partial charge in [-0.1, -0.05) is 78.1 Å². The van der Waals surface area contributed by atoms with Crippen molar-refractivity contribution >= 4 is 28.6 Å². The predicted molar refractivity (Wildman–Crippen MR) is 141 cm³/mol. The SMILES string of the molecule is Cc1nc(N)sc1C(=O)N/N=C\c1ccc(-n2nc(-c3ccccc3)cc2[C@@H]2C=CC=CC2)cc1. The van der Waals surface area contributed by atoms with Crippen LogP contribution in [0.1, 0.15) is 39.0 Å². The van der Waals surface area contributed by atoms with Crippen LogP contribution < -0.4 is 11.2 Å². The summed E-state index contributed by atoms with van der Waals surface area (Å²) in [4.78, 5) is 16.8. The zero-order valence-corrected chi connectivity index (χ0v) is 19.9. The third-order valence-electron chi connectivity index (χ3n) is 5.70. The van der Waals surface area contributed by atoms with E-state index in [0.717, 1.165) is 46.0 Å². The number of benzene rings is 2. The van der Waals surface area contributed by atoms with E-state index in [-0.39, 0.29) is 11.8 Å². The van der Waals surface area contributed by atoms with Gasteiger partial charge >= 0.3 is 0 Å². The molecule has 2 aromatic carbocycles. The van der Waals surface area contributed by atoms with Gasteiger partial charge in [-0.05, 0) is 37.1 Å². The van der Waals surface area contributed by atoms with Crippen molar-refractivity contribution in [2.45, 2.75) is 19.3 Å². The molecule has 1 amide bonds. The summed E-state index contributed by atoms with van der Waals surface area (Å²) in [5.41, 5.74) is 13.8. The number of hydrazone groups is 1. The van der Waals surface area contributed by atoms with Gasteiger partial charge < -0.3 is 5.73 Å². The summed E-state index contributed by atoms with van der Waals surface area (Å²) >= 11 is 1.14. The molecule has 35 heavy (non-hydrogen) atoms. The van der Waals surface area contributed by atoms with E-state index < -0.39 is 0 Å². The normalized spacial score (nSPS) is 15.1. The summed E-state index contributed by atoms with van der Waals surface area (Å²) in [5, 5.41) is 9.38. The maximum atomic E-state index is 12.3. The monoisotopic (exact) mass is 480 g/mol. The van der Waals surface area contributed by atoms with Crippen molar-refractivity contribution in [1.82, 2.24) is 20.2 Å². The maximum Gasteiger partial charge on any atom is 0.283 e. The van der Waals surface area contributed by atoms with E-state index in [4.69, 9.17) is 10.8 Å². The number of hydrogen-bond acceptors (Lipinski definition) is 6. The Bertz CT molecular complexity index is 1430. The molecule has 0 saturated heterocycles. The van der Waals surface area contributed by atoms with Crippen LogP contribution in [0.25, 0.3) is 16.9 Å². The number of nitrogens with zero attached hydrogens (tertiary/aromatic N) is 4. The second kappa shape index (κ2) is 9.90. The van der Waals surface area contributed by atoms with E-state index in [2.05, 4.69) is 58.0 Å². The second-order valence-electron chi connectivity index (χ2n) is 8.14. The number of rotatable bonds is 6. The molecule has 2 aromatic heterocycles. The van der Waals surface area contributed by atoms with Crippen LogP contribution in [0.3, 0.4) is 0 Å². The van der Waals surface area contributed by atoms with Crippen LogP contribution in [0.4, 0.5) is 5.13 Å². The van der Waals surface area contributed by atoms with Crippen LogP contribution in [-0.4, -0.2) is 26.9 Å². The first-order valence-corrected chi connectivity index (χ1v) is 12.1. The number of aryl methyl sites for hydroxylation is 1. The third-order valence-corrected chi connectivity index (χ3v) is 6.69. The first kappa shape index (κ1) is 22.5. The number of thiazole rings is 1. The second-order valence-corrected chi connectivity index (χ2v) is 9.18. The predicted octanol–water partition coefficient (Wildman–Crippen LogP) is 5.25. The highest BCUT2D eigenvalue weighted by atomic mass is 32.1. The van der Waals surface area contributed by atoms with E-state index in [1.54, 1.807) is 13.1 Å². The maximum absolute atomic E-state index is 12.3. The summed E-state index contributed by atoms with van der Waals surface area (Å²) in [6, 6.07) is 20.3. The number of anilines is 1. The summed E-state index contributed by atoms with van der Waals surface area (Å²) in [7, 11) is 0. The van der Waals surface area contributed by atoms with Gasteiger partial charge in [0.2, 0.25) is 0 Å². The minimum absolute atomic E-state index is 0.255. The molecule has 0 fully saturated rings. The fourth-order valence-electron chi connectivity index (χ4n) is 3.96. The largest absolute Gasteiger partial charge is 0.375 e. The van der Waals surface area contributed by atoms with E-state index in [0.29, 0.717) is 15.7 Å². The molecule has 0 radical (unpaired) electrons. The standard InChI is InChI=1S/C27H24N6OS/c1-18-25(35-27(28)30-18)26(34)31-29-17-19-12-14-22(15-13-19)33-24(21-10-6-3-7-11-21)16-23(32-33)20-8-4-2-5-9-20/h2-10,12-17,21H,11H2,1H3,(H2,28,30)(H,31,34)/b29-17-/t21-/m1/s1. The average Bonchev–Trinajstić information content (AvgIpc) is 3.48. The number of aromatic nitrogens is 3. The van der Waals surface area contributed by atoms with Gasteiger partial charge in [-0.3, -0.25) is 4.79 Å². The van der Waals surface area contributed by atoms with Crippen molar-refractivity contribution in [1.29, 1.82) is 0 Å². The molecule has 3 N–H and O–H groups in total. The summed E-state index contributed by atoms with van der Waals surface area (Å²) in [6.07, 6.45) is 11.1. The molecule has 1 atom stereocenters. The van der Waals surface area contributed by atoms with Gasteiger partial charge in [0.25, 0.3) is 5.91 Å². The van der Waals surface area contributed by atoms with Crippen LogP contribution in [0, 0.1) is 6.92 Å². The fourth-order valence-corrected chi connectivity index (χ4v) is 4.69. The minimum atomic E-state index is -0.325. The molecule has 0 unspecified atom stereocenters. The number of carbonyl (C=O) groups is 1. The molecule has 0 bridgehead atoms. The van der Waals surface area contributed by atoms with Crippen molar-refractivity contribution in [3.63, 3.8) is 0 Å². The Hall–Kier alpha value is -4.30. The number of nitrogens with one attached hydrogen (secondary N) is 1. The molecule has 5 rings (SSSR count). The van der Waals surface area contributed by atoms with Gasteiger partial charge in [-0.2, -0.15) is 10.2 Å². The first-order valence-electron chi connectivity index (χ1n) is 11.2. The Morgan fingerprint density at radius 2 is 1.97 bits per heavy atom. The number of nitrogens with two attached hydrogens (primary N) is 1. The van der Waals surface area contributed by atoms with Gasteiger partial charge in [0, 0.05) is 11.5 Å². The van der Waals surface area contributed by atoms with Crippen molar-refractivity contribution < 1.29 is 4.79 Å². The molecule has 0 aliphatic heterocycles. The number of nitrogen functional groups attached to an aromatic ring is 1. The Labute approximate surface area is 207 Å². The van der Waals surface area contributed by atoms with E-state index in [1.807, 2.05) is 47.1 Å². The number of allylic oxidation sites excluding steroid dienone is 4. The highest BCUT2D eigenvalue weighted by molar-refractivity contribution is 7.17. The smallest absolute Gasteiger partial charge is 0.283 e. The van der Waals surface area contributed by atoms with E-state index in [1.165, 1.54) is 0 Å². The number of amides is 1. The molecular formula is C27H24N6OS. The van der Waals surface area contributed by atoms with E-state index >= 15 is 0 Å². The Morgan fingerprint density at radius 1 is 1.17 bits per heavy atom. The van der Waals surface area contributed by atoms with Crippen LogP contribution in [0.5, 0.6) is 0 Å². The molecule has 0 spiro atoms. The number of hydrogen-bond donors (Lipinski definition) is 2. The van der Waals surface area contributed by atoms with Gasteiger partial charge in [-0.15, -0.1) is 0 Å². The van der Waals surface area contributed by atoms with Crippen LogP contribution >= 0.6 is 11.3 Å². The van der Waals surface area contributed by atoms with Crippen LogP contribution in [-0.2, 0) is 0 Å². The fraction of sp³-hybridized carbons (Fsp3) is 0.111. The van der Waals surface area contributed by atoms with Gasteiger partial charge in [0.1, 0.15) is 4.88 Å². The Balaban J connectivity index is 1.37. The topological polar surface area (TPSA) is 98.2 Å². The minimum Gasteiger partial charge on any atom is -0.375 e. The Morgan fingerprint density at radius 3 is 2.66 bits per heavy atom. The third kappa shape index (κ3) is 4.97. The van der Waals surface area contributed by atoms with Crippen molar-refractivity contribution in [3.05, 3.63) is 107 Å². The number of carbonyl (C=O) groups excluding carboxylic acids is 1. The molecule has 7 nitrogen and oxygen atoms in total. The molecule has 0 saturated carbocycles. The summed E-state index contributed by atoms with van der Waals surface area (Å²) in [5.74, 6) is -0.0700. The lowest BCUT2D eigenvalue weighted by Crippen LogP contribution is -2.17. The zero-order chi connectivity index (χ0) is 24.2. The molecule has 2 heterocycles. The molecule has 174 valence electrons. The van der Waals surface area contributed by atoms with Gasteiger partial charge in [-0.25, -0.2) is 15.1 Å². The molecule has 4 aromatic rings. The van der Waals surface area contributed by atoms with Crippen molar-refractivity contribution in [2.24, 2.45) is 5.10 Å². The lowest BCUT2D eigenvalue weighted by atomic mass is 9.96. The highest BCUT2D eigenvalue weighted by Gasteiger charge is 2.18. The highest BCUT2D eigenvalue weighted by Crippen LogP contribution is 2.30. The summed E-state index contributed by atoms with van der Waals surface area (Å²) in [6.45, 7) is 1.75. The van der Waals surface area contributed by atoms with E-state index in [9.17, 15) is 4.79 Å². The van der Waals surface area contributed by atoms with Crippen molar-refractivity contribution in [2.75, 3.05) is 5.73 Å². The lowest BCUT2D eigenvalue weighted by molar-refractivity contribution is 0.0958. The van der Waals surface area contributed by atoms with Gasteiger partial charge in [0.05, 0.1) is 29.0 Å². The first-order chi connectivity index (χ1) is 17.1. The van der Waals surface area contributed by atoms with Gasteiger partial charge in [0.15, 0.2) is 5.13 Å².